The van der Waals surface area contributed by atoms with Gasteiger partial charge in [0.1, 0.15) is 5.82 Å². The number of ether oxygens (including phenoxy) is 2. The third kappa shape index (κ3) is 8.31. The van der Waals surface area contributed by atoms with E-state index in [1.165, 1.54) is 6.07 Å². The Morgan fingerprint density at radius 1 is 1.35 bits per heavy atom. The van der Waals surface area contributed by atoms with Gasteiger partial charge in [-0.05, 0) is 50.9 Å². The van der Waals surface area contributed by atoms with Crippen LogP contribution in [0.3, 0.4) is 0 Å². The van der Waals surface area contributed by atoms with Gasteiger partial charge < -0.3 is 20.1 Å². The van der Waals surface area contributed by atoms with Crippen LogP contribution in [0.4, 0.5) is 4.39 Å². The zero-order chi connectivity index (χ0) is 21.2. The Morgan fingerprint density at radius 2 is 2.16 bits per heavy atom. The van der Waals surface area contributed by atoms with Crippen molar-refractivity contribution in [3.05, 3.63) is 34.6 Å². The smallest absolute Gasteiger partial charge is 0.191 e. The lowest BCUT2D eigenvalue weighted by Gasteiger charge is -2.29. The van der Waals surface area contributed by atoms with Crippen LogP contribution < -0.4 is 10.6 Å². The molecule has 1 aromatic rings. The van der Waals surface area contributed by atoms with E-state index in [9.17, 15) is 4.39 Å². The summed E-state index contributed by atoms with van der Waals surface area (Å²) in [6.45, 7) is 6.36. The summed E-state index contributed by atoms with van der Waals surface area (Å²) in [6.07, 6.45) is 4.24. The fourth-order valence-corrected chi connectivity index (χ4v) is 4.34. The molecule has 0 radical (unpaired) electrons. The number of benzene rings is 1. The molecule has 0 aromatic heterocycles. The molecule has 3 rings (SSSR count). The Kier molecular flexibility index (Phi) is 12.4. The Morgan fingerprint density at radius 3 is 2.84 bits per heavy atom. The standard InChI is InChI=1S/C22H34ClFN4O2.HI/c1-25-22(26-9-5-12-29-15-17-8-13-30-16-17)27-14-20(28-10-2-3-11-28)21-18(23)6-4-7-19(21)24;/h4,6-7,17,20H,2-3,5,8-16H2,1H3,(H2,25,26,27);1H. The quantitative estimate of drug-likeness (QED) is 0.194. The Labute approximate surface area is 207 Å². The van der Waals surface area contributed by atoms with Crippen molar-refractivity contribution in [3.8, 4) is 0 Å². The van der Waals surface area contributed by atoms with Gasteiger partial charge in [0.2, 0.25) is 0 Å². The van der Waals surface area contributed by atoms with E-state index in [0.29, 0.717) is 35.6 Å². The molecule has 2 atom stereocenters. The number of aliphatic imine (C=N–C) groups is 1. The fraction of sp³-hybridized carbons (Fsp3) is 0.682. The van der Waals surface area contributed by atoms with E-state index in [2.05, 4.69) is 20.5 Å². The van der Waals surface area contributed by atoms with Gasteiger partial charge in [-0.2, -0.15) is 0 Å². The van der Waals surface area contributed by atoms with Gasteiger partial charge in [-0.1, -0.05) is 17.7 Å². The van der Waals surface area contributed by atoms with E-state index >= 15 is 0 Å². The summed E-state index contributed by atoms with van der Waals surface area (Å²) in [5, 5.41) is 7.14. The van der Waals surface area contributed by atoms with Gasteiger partial charge >= 0.3 is 0 Å². The first-order valence-corrected chi connectivity index (χ1v) is 11.3. The van der Waals surface area contributed by atoms with Crippen molar-refractivity contribution in [2.24, 2.45) is 10.9 Å². The molecule has 0 aliphatic carbocycles. The summed E-state index contributed by atoms with van der Waals surface area (Å²) in [5.74, 6) is 0.991. The molecule has 2 aliphatic rings. The van der Waals surface area contributed by atoms with Crippen molar-refractivity contribution >= 4 is 41.5 Å². The maximum absolute atomic E-state index is 14.6. The van der Waals surface area contributed by atoms with Crippen molar-refractivity contribution < 1.29 is 13.9 Å². The summed E-state index contributed by atoms with van der Waals surface area (Å²) in [4.78, 5) is 6.59. The molecule has 0 amide bonds. The second-order valence-corrected chi connectivity index (χ2v) is 8.34. The van der Waals surface area contributed by atoms with Crippen LogP contribution in [0.1, 0.15) is 37.3 Å². The molecular formula is C22H35ClFIN4O2. The molecule has 31 heavy (non-hydrogen) atoms. The van der Waals surface area contributed by atoms with Gasteiger partial charge in [0.15, 0.2) is 5.96 Å². The van der Waals surface area contributed by atoms with Crippen molar-refractivity contribution in [1.29, 1.82) is 0 Å². The maximum atomic E-state index is 14.6. The summed E-state index contributed by atoms with van der Waals surface area (Å²) in [7, 11) is 1.74. The van der Waals surface area contributed by atoms with Gasteiger partial charge in [-0.15, -0.1) is 24.0 Å². The van der Waals surface area contributed by atoms with Crippen LogP contribution in [0.5, 0.6) is 0 Å². The lowest BCUT2D eigenvalue weighted by Crippen LogP contribution is -2.43. The Hall–Kier alpha value is -0.680. The molecule has 2 N–H and O–H groups in total. The minimum Gasteiger partial charge on any atom is -0.381 e. The SMILES string of the molecule is CN=C(NCCCOCC1CCOC1)NCC(c1c(F)cccc1Cl)N1CCCC1.I. The number of halogens is 3. The zero-order valence-corrected chi connectivity index (χ0v) is 21.3. The van der Waals surface area contributed by atoms with E-state index < -0.39 is 0 Å². The number of rotatable bonds is 10. The predicted octanol–water partition coefficient (Wildman–Crippen LogP) is 3.84. The van der Waals surface area contributed by atoms with Gasteiger partial charge in [0, 0.05) is 49.9 Å². The summed E-state index contributed by atoms with van der Waals surface area (Å²) < 4.78 is 25.7. The van der Waals surface area contributed by atoms with Crippen LogP contribution in [-0.4, -0.2) is 70.5 Å². The zero-order valence-electron chi connectivity index (χ0n) is 18.2. The summed E-state index contributed by atoms with van der Waals surface area (Å²) >= 11 is 6.37. The fourth-order valence-electron chi connectivity index (χ4n) is 4.06. The van der Waals surface area contributed by atoms with E-state index in [-0.39, 0.29) is 35.8 Å². The molecule has 0 bridgehead atoms. The molecule has 176 valence electrons. The van der Waals surface area contributed by atoms with Crippen molar-refractivity contribution in [2.45, 2.75) is 31.7 Å². The molecule has 2 saturated heterocycles. The number of nitrogens with zero attached hydrogens (tertiary/aromatic N) is 2. The van der Waals surface area contributed by atoms with E-state index in [0.717, 1.165) is 65.1 Å². The highest BCUT2D eigenvalue weighted by Crippen LogP contribution is 2.31. The third-order valence-corrected chi connectivity index (χ3v) is 6.07. The molecule has 2 aliphatic heterocycles. The minimum atomic E-state index is -0.256. The number of hydrogen-bond acceptors (Lipinski definition) is 4. The topological polar surface area (TPSA) is 58.1 Å². The Bertz CT molecular complexity index is 665. The molecule has 2 heterocycles. The lowest BCUT2D eigenvalue weighted by atomic mass is 10.0. The first kappa shape index (κ1) is 26.6. The van der Waals surface area contributed by atoms with Crippen LogP contribution >= 0.6 is 35.6 Å². The molecule has 9 heteroatoms. The number of hydrogen-bond donors (Lipinski definition) is 2. The first-order chi connectivity index (χ1) is 14.7. The highest BCUT2D eigenvalue weighted by atomic mass is 127. The second kappa shape index (κ2) is 14.5. The molecule has 0 spiro atoms. The largest absolute Gasteiger partial charge is 0.381 e. The monoisotopic (exact) mass is 568 g/mol. The molecular weight excluding hydrogens is 534 g/mol. The van der Waals surface area contributed by atoms with Crippen LogP contribution in [0.15, 0.2) is 23.2 Å². The average Bonchev–Trinajstić information content (AvgIpc) is 3.45. The maximum Gasteiger partial charge on any atom is 0.191 e. The summed E-state index contributed by atoms with van der Waals surface area (Å²) in [6, 6.07) is 4.76. The van der Waals surface area contributed by atoms with Gasteiger partial charge in [0.25, 0.3) is 0 Å². The number of nitrogens with one attached hydrogen (secondary N) is 2. The first-order valence-electron chi connectivity index (χ1n) is 11.0. The summed E-state index contributed by atoms with van der Waals surface area (Å²) in [5.41, 5.74) is 0.563. The molecule has 6 nitrogen and oxygen atoms in total. The van der Waals surface area contributed by atoms with E-state index in [1.54, 1.807) is 19.2 Å². The second-order valence-electron chi connectivity index (χ2n) is 7.93. The van der Waals surface area contributed by atoms with Gasteiger partial charge in [-0.3, -0.25) is 9.89 Å². The number of likely N-dealkylation sites (tertiary alicyclic amines) is 1. The molecule has 0 saturated carbocycles. The van der Waals surface area contributed by atoms with Gasteiger partial charge in [-0.25, -0.2) is 4.39 Å². The van der Waals surface area contributed by atoms with Gasteiger partial charge in [0.05, 0.1) is 19.3 Å². The minimum absolute atomic E-state index is 0. The Balaban J connectivity index is 0.00000341. The highest BCUT2D eigenvalue weighted by molar-refractivity contribution is 14.0. The van der Waals surface area contributed by atoms with Crippen molar-refractivity contribution in [2.75, 3.05) is 59.7 Å². The van der Waals surface area contributed by atoms with Crippen molar-refractivity contribution in [3.63, 3.8) is 0 Å². The van der Waals surface area contributed by atoms with E-state index in [4.69, 9.17) is 21.1 Å². The van der Waals surface area contributed by atoms with Crippen LogP contribution in [0.2, 0.25) is 5.02 Å². The van der Waals surface area contributed by atoms with E-state index in [1.807, 2.05) is 0 Å². The van der Waals surface area contributed by atoms with Crippen LogP contribution in [0, 0.1) is 11.7 Å². The average molecular weight is 569 g/mol. The third-order valence-electron chi connectivity index (χ3n) is 5.74. The molecule has 1 aromatic carbocycles. The van der Waals surface area contributed by atoms with Crippen LogP contribution in [-0.2, 0) is 9.47 Å². The van der Waals surface area contributed by atoms with Crippen molar-refractivity contribution in [1.82, 2.24) is 15.5 Å². The molecule has 2 unspecified atom stereocenters. The normalized spacial score (nSPS) is 20.5. The molecule has 2 fully saturated rings. The highest BCUT2D eigenvalue weighted by Gasteiger charge is 2.27. The van der Waals surface area contributed by atoms with Crippen LogP contribution in [0.25, 0.3) is 0 Å². The predicted molar refractivity (Wildman–Crippen MR) is 134 cm³/mol. The lowest BCUT2D eigenvalue weighted by molar-refractivity contribution is 0.0888. The number of guanidine groups is 1.